The lowest BCUT2D eigenvalue weighted by molar-refractivity contribution is 0.0769. The number of ether oxygens (including phenoxy) is 1. The van der Waals surface area contributed by atoms with Gasteiger partial charge >= 0.3 is 0 Å². The summed E-state index contributed by atoms with van der Waals surface area (Å²) in [6.45, 7) is 2.52. The molecule has 2 fully saturated rings. The molecule has 1 N–H and O–H groups in total. The highest BCUT2D eigenvalue weighted by Crippen LogP contribution is 2.39. The van der Waals surface area contributed by atoms with Crippen LogP contribution in [0.4, 0.5) is 0 Å². The molecule has 1 aliphatic carbocycles. The Kier molecular flexibility index (Phi) is 2.56. The number of hydrogen-bond donors (Lipinski definition) is 1. The molecule has 3 heterocycles. The number of nitrogens with zero attached hydrogens (tertiary/aromatic N) is 4. The van der Waals surface area contributed by atoms with E-state index in [4.69, 9.17) is 4.74 Å². The molecule has 6 nitrogen and oxygen atoms in total. The van der Waals surface area contributed by atoms with Gasteiger partial charge in [0.2, 0.25) is 4.96 Å². The highest BCUT2D eigenvalue weighted by atomic mass is 32.1. The van der Waals surface area contributed by atoms with E-state index in [9.17, 15) is 0 Å². The molecule has 0 aromatic carbocycles. The summed E-state index contributed by atoms with van der Waals surface area (Å²) in [6.07, 6.45) is 3.37. The molecule has 18 heavy (non-hydrogen) atoms. The van der Waals surface area contributed by atoms with Crippen molar-refractivity contribution in [3.05, 3.63) is 10.8 Å². The van der Waals surface area contributed by atoms with Crippen LogP contribution in [-0.4, -0.2) is 45.6 Å². The molecule has 4 rings (SSSR count). The lowest BCUT2D eigenvalue weighted by Gasteiger charge is -2.22. The molecule has 0 amide bonds. The number of rotatable bonds is 3. The first-order valence-corrected chi connectivity index (χ1v) is 7.24. The van der Waals surface area contributed by atoms with Crippen molar-refractivity contribution in [3.63, 3.8) is 0 Å². The van der Waals surface area contributed by atoms with Crippen LogP contribution in [0.15, 0.2) is 0 Å². The van der Waals surface area contributed by atoms with Crippen LogP contribution in [-0.2, 0) is 11.2 Å². The van der Waals surface area contributed by atoms with Gasteiger partial charge in [-0.15, -0.1) is 10.2 Å². The minimum absolute atomic E-state index is 0.381. The molecule has 1 atom stereocenters. The van der Waals surface area contributed by atoms with Crippen LogP contribution in [0.5, 0.6) is 0 Å². The second-order valence-electron chi connectivity index (χ2n) is 4.95. The number of hydrogen-bond acceptors (Lipinski definition) is 6. The number of aromatic nitrogens is 4. The lowest BCUT2D eigenvalue weighted by atomic mass is 10.2. The summed E-state index contributed by atoms with van der Waals surface area (Å²) in [6, 6.07) is 0.381. The van der Waals surface area contributed by atoms with Gasteiger partial charge in [-0.1, -0.05) is 11.3 Å². The fourth-order valence-corrected chi connectivity index (χ4v) is 3.23. The Labute approximate surface area is 108 Å². The topological polar surface area (TPSA) is 64.3 Å². The minimum atomic E-state index is 0.381. The van der Waals surface area contributed by atoms with Crippen molar-refractivity contribution in [1.29, 1.82) is 0 Å². The Morgan fingerprint density at radius 2 is 2.33 bits per heavy atom. The SMILES string of the molecule is C1COCC(Cc2nn3c(C4CC4)nnc3s2)N1. The minimum Gasteiger partial charge on any atom is -0.379 e. The summed E-state index contributed by atoms with van der Waals surface area (Å²) in [5.74, 6) is 1.63. The summed E-state index contributed by atoms with van der Waals surface area (Å²) in [5, 5.41) is 17.6. The van der Waals surface area contributed by atoms with Gasteiger partial charge in [-0.25, -0.2) is 0 Å². The van der Waals surface area contributed by atoms with Crippen molar-refractivity contribution in [2.24, 2.45) is 0 Å². The molecule has 1 saturated heterocycles. The Morgan fingerprint density at radius 3 is 3.11 bits per heavy atom. The van der Waals surface area contributed by atoms with E-state index in [2.05, 4.69) is 20.6 Å². The van der Waals surface area contributed by atoms with E-state index in [1.54, 1.807) is 11.3 Å². The van der Waals surface area contributed by atoms with E-state index < -0.39 is 0 Å². The standard InChI is InChI=1S/C11H15N5OS/c1-2-7(1)10-13-14-11-16(10)15-9(18-11)5-8-6-17-4-3-12-8/h7-8,12H,1-6H2. The predicted molar refractivity (Wildman–Crippen MR) is 66.9 cm³/mol. The smallest absolute Gasteiger partial charge is 0.234 e. The van der Waals surface area contributed by atoms with E-state index >= 15 is 0 Å². The first-order chi connectivity index (χ1) is 8.90. The van der Waals surface area contributed by atoms with Crippen LogP contribution in [0.1, 0.15) is 29.6 Å². The van der Waals surface area contributed by atoms with Crippen molar-refractivity contribution >= 4 is 16.3 Å². The van der Waals surface area contributed by atoms with Gasteiger partial charge in [0.1, 0.15) is 5.01 Å². The fourth-order valence-electron chi connectivity index (χ4n) is 2.31. The fraction of sp³-hybridized carbons (Fsp3) is 0.727. The highest BCUT2D eigenvalue weighted by Gasteiger charge is 2.30. The molecule has 0 radical (unpaired) electrons. The second-order valence-corrected chi connectivity index (χ2v) is 5.99. The van der Waals surface area contributed by atoms with Gasteiger partial charge in [-0.3, -0.25) is 0 Å². The van der Waals surface area contributed by atoms with Gasteiger partial charge in [0.25, 0.3) is 0 Å². The quantitative estimate of drug-likeness (QED) is 0.880. The summed E-state index contributed by atoms with van der Waals surface area (Å²) in [7, 11) is 0. The molecular weight excluding hydrogens is 250 g/mol. The van der Waals surface area contributed by atoms with Gasteiger partial charge in [0, 0.05) is 24.9 Å². The molecule has 2 aliphatic rings. The Bertz CT molecular complexity index is 555. The van der Waals surface area contributed by atoms with Gasteiger partial charge in [-0.05, 0) is 12.8 Å². The average molecular weight is 265 g/mol. The van der Waals surface area contributed by atoms with Crippen molar-refractivity contribution in [2.75, 3.05) is 19.8 Å². The van der Waals surface area contributed by atoms with Gasteiger partial charge in [0.05, 0.1) is 13.2 Å². The van der Waals surface area contributed by atoms with E-state index in [0.29, 0.717) is 12.0 Å². The molecule has 2 aromatic heterocycles. The van der Waals surface area contributed by atoms with Crippen molar-refractivity contribution < 1.29 is 4.74 Å². The molecule has 2 aromatic rings. The zero-order valence-corrected chi connectivity index (χ0v) is 10.8. The van der Waals surface area contributed by atoms with Crippen LogP contribution in [0.2, 0.25) is 0 Å². The maximum Gasteiger partial charge on any atom is 0.234 e. The third-order valence-electron chi connectivity index (χ3n) is 3.42. The summed E-state index contributed by atoms with van der Waals surface area (Å²) < 4.78 is 7.39. The maximum atomic E-state index is 5.46. The molecular formula is C11H15N5OS. The predicted octanol–water partition coefficient (Wildman–Crippen LogP) is 0.594. The van der Waals surface area contributed by atoms with Crippen molar-refractivity contribution in [1.82, 2.24) is 25.1 Å². The normalized spacial score (nSPS) is 24.8. The number of nitrogens with one attached hydrogen (secondary N) is 1. The third kappa shape index (κ3) is 1.92. The van der Waals surface area contributed by atoms with Crippen LogP contribution in [0, 0.1) is 0 Å². The monoisotopic (exact) mass is 265 g/mol. The lowest BCUT2D eigenvalue weighted by Crippen LogP contribution is -2.42. The Balaban J connectivity index is 1.57. The first kappa shape index (κ1) is 10.8. The second kappa shape index (κ2) is 4.25. The van der Waals surface area contributed by atoms with Crippen LogP contribution < -0.4 is 5.32 Å². The van der Waals surface area contributed by atoms with E-state index in [0.717, 1.165) is 42.0 Å². The largest absolute Gasteiger partial charge is 0.379 e. The number of fused-ring (bicyclic) bond motifs is 1. The maximum absolute atomic E-state index is 5.46. The van der Waals surface area contributed by atoms with Gasteiger partial charge in [-0.2, -0.15) is 9.61 Å². The van der Waals surface area contributed by atoms with Gasteiger partial charge in [0.15, 0.2) is 5.82 Å². The van der Waals surface area contributed by atoms with Crippen molar-refractivity contribution in [3.8, 4) is 0 Å². The first-order valence-electron chi connectivity index (χ1n) is 6.42. The van der Waals surface area contributed by atoms with E-state index in [-0.39, 0.29) is 0 Å². The van der Waals surface area contributed by atoms with E-state index in [1.165, 1.54) is 12.8 Å². The Morgan fingerprint density at radius 1 is 1.39 bits per heavy atom. The molecule has 1 unspecified atom stereocenters. The Hall–Kier alpha value is -1.05. The summed E-state index contributed by atoms with van der Waals surface area (Å²) in [4.78, 5) is 0.920. The molecule has 1 aliphatic heterocycles. The zero-order chi connectivity index (χ0) is 11.9. The zero-order valence-electron chi connectivity index (χ0n) is 10.0. The van der Waals surface area contributed by atoms with E-state index in [1.807, 2.05) is 4.52 Å². The van der Waals surface area contributed by atoms with Crippen molar-refractivity contribution in [2.45, 2.75) is 31.2 Å². The third-order valence-corrected chi connectivity index (χ3v) is 4.34. The van der Waals surface area contributed by atoms with Crippen LogP contribution in [0.3, 0.4) is 0 Å². The molecule has 1 saturated carbocycles. The van der Waals surface area contributed by atoms with Crippen LogP contribution in [0.25, 0.3) is 4.96 Å². The average Bonchev–Trinajstić information content (AvgIpc) is 3.03. The molecule has 0 bridgehead atoms. The number of morpholine rings is 1. The highest BCUT2D eigenvalue weighted by molar-refractivity contribution is 7.16. The molecule has 96 valence electrons. The molecule has 7 heteroatoms. The summed E-state index contributed by atoms with van der Waals surface area (Å²) >= 11 is 1.64. The van der Waals surface area contributed by atoms with Gasteiger partial charge < -0.3 is 10.1 Å². The molecule has 0 spiro atoms. The summed E-state index contributed by atoms with van der Waals surface area (Å²) in [5.41, 5.74) is 0. The van der Waals surface area contributed by atoms with Crippen LogP contribution >= 0.6 is 11.3 Å².